The van der Waals surface area contributed by atoms with Crippen LogP contribution in [-0.4, -0.2) is 31.9 Å². The van der Waals surface area contributed by atoms with E-state index in [4.69, 9.17) is 9.47 Å². The third-order valence-electron chi connectivity index (χ3n) is 2.26. The van der Waals surface area contributed by atoms with Crippen molar-refractivity contribution in [2.45, 2.75) is 39.4 Å². The molecule has 0 amide bonds. The Morgan fingerprint density at radius 1 is 1.11 bits per heavy atom. The van der Waals surface area contributed by atoms with Gasteiger partial charge in [-0.2, -0.15) is 0 Å². The largest absolute Gasteiger partial charge is 0.466 e. The Morgan fingerprint density at radius 2 is 1.68 bits per heavy atom. The Bertz CT molecular complexity index is 340. The summed E-state index contributed by atoms with van der Waals surface area (Å²) >= 11 is 0. The van der Waals surface area contributed by atoms with E-state index in [1.54, 1.807) is 13.8 Å². The molecule has 0 saturated carbocycles. The van der Waals surface area contributed by atoms with Gasteiger partial charge in [0, 0.05) is 17.6 Å². The van der Waals surface area contributed by atoms with Crippen molar-refractivity contribution in [3.05, 3.63) is 24.3 Å². The van der Waals surface area contributed by atoms with E-state index in [0.717, 1.165) is 19.3 Å². The molecule has 0 radical (unpaired) electrons. The van der Waals surface area contributed by atoms with Crippen molar-refractivity contribution in [1.82, 2.24) is 0 Å². The summed E-state index contributed by atoms with van der Waals surface area (Å²) in [6, 6.07) is 0. The zero-order valence-electron chi connectivity index (χ0n) is 11.9. The average molecular weight is 270 g/mol. The number of hydrogen-bond acceptors (Lipinski definition) is 5. The quantitative estimate of drug-likeness (QED) is 0.582. The van der Waals surface area contributed by atoms with Gasteiger partial charge in [-0.25, -0.2) is 9.59 Å². The number of carbonyl (C=O) groups excluding carboxylic acids is 2. The highest BCUT2D eigenvalue weighted by Crippen LogP contribution is 2.14. The lowest BCUT2D eigenvalue weighted by Crippen LogP contribution is -2.25. The van der Waals surface area contributed by atoms with Crippen molar-refractivity contribution in [3.8, 4) is 0 Å². The number of esters is 2. The van der Waals surface area contributed by atoms with Crippen molar-refractivity contribution >= 4 is 11.9 Å². The molecule has 0 aromatic carbocycles. The molecule has 1 fully saturated rings. The second-order valence-electron chi connectivity index (χ2n) is 4.25. The van der Waals surface area contributed by atoms with Gasteiger partial charge in [0.15, 0.2) is 0 Å². The molecule has 1 atom stereocenters. The van der Waals surface area contributed by atoms with Gasteiger partial charge in [-0.3, -0.25) is 0 Å². The first kappa shape index (κ1) is 17.4. The summed E-state index contributed by atoms with van der Waals surface area (Å²) in [5.41, 5.74) is 0.853. The van der Waals surface area contributed by atoms with Crippen molar-refractivity contribution < 1.29 is 23.8 Å². The van der Waals surface area contributed by atoms with E-state index >= 15 is 0 Å². The Balaban J connectivity index is 0.000000399. The maximum atomic E-state index is 11.0. The molecule has 1 saturated heterocycles. The number of ether oxygens (including phenoxy) is 3. The molecule has 0 N–H and O–H groups in total. The van der Waals surface area contributed by atoms with Gasteiger partial charge in [0.1, 0.15) is 0 Å². The molecular formula is C14H22O5. The second-order valence-corrected chi connectivity index (χ2v) is 4.25. The van der Waals surface area contributed by atoms with E-state index in [1.807, 2.05) is 0 Å². The van der Waals surface area contributed by atoms with Gasteiger partial charge >= 0.3 is 11.9 Å². The van der Waals surface area contributed by atoms with Gasteiger partial charge in [-0.1, -0.05) is 13.2 Å². The smallest absolute Gasteiger partial charge is 0.335 e. The highest BCUT2D eigenvalue weighted by Gasteiger charge is 2.17. The van der Waals surface area contributed by atoms with Crippen LogP contribution in [0.3, 0.4) is 0 Å². The maximum absolute atomic E-state index is 11.0. The molecule has 1 rings (SSSR count). The van der Waals surface area contributed by atoms with Gasteiger partial charge in [0.05, 0.1) is 13.7 Å². The van der Waals surface area contributed by atoms with Crippen LogP contribution in [0.4, 0.5) is 0 Å². The van der Waals surface area contributed by atoms with Crippen LogP contribution in [0, 0.1) is 0 Å². The highest BCUT2D eigenvalue weighted by atomic mass is 16.7. The highest BCUT2D eigenvalue weighted by molar-refractivity contribution is 5.87. The predicted molar refractivity (Wildman–Crippen MR) is 71.3 cm³/mol. The van der Waals surface area contributed by atoms with Crippen molar-refractivity contribution in [3.63, 3.8) is 0 Å². The molecule has 1 unspecified atom stereocenters. The van der Waals surface area contributed by atoms with Crippen LogP contribution in [0.25, 0.3) is 0 Å². The monoisotopic (exact) mass is 270 g/mol. The fourth-order valence-corrected chi connectivity index (χ4v) is 1.20. The Labute approximate surface area is 114 Å². The summed E-state index contributed by atoms with van der Waals surface area (Å²) < 4.78 is 14.5. The summed E-state index contributed by atoms with van der Waals surface area (Å²) in [6.07, 6.45) is 2.58. The Hall–Kier alpha value is -1.62. The summed E-state index contributed by atoms with van der Waals surface area (Å²) in [7, 11) is 1.33. The van der Waals surface area contributed by atoms with Gasteiger partial charge in [-0.05, 0) is 26.7 Å². The molecule has 108 valence electrons. The SMILES string of the molecule is C=C(C)C(=O)OC.C=C(C)C(=O)OC1CCCCO1. The molecule has 1 aliphatic heterocycles. The lowest BCUT2D eigenvalue weighted by atomic mass is 10.2. The third-order valence-corrected chi connectivity index (χ3v) is 2.26. The fourth-order valence-electron chi connectivity index (χ4n) is 1.20. The molecule has 5 nitrogen and oxygen atoms in total. The summed E-state index contributed by atoms with van der Waals surface area (Å²) in [4.78, 5) is 21.2. The van der Waals surface area contributed by atoms with E-state index in [0.29, 0.717) is 17.8 Å². The van der Waals surface area contributed by atoms with E-state index in [2.05, 4.69) is 17.9 Å². The first-order valence-electron chi connectivity index (χ1n) is 6.10. The average Bonchev–Trinajstić information content (AvgIpc) is 2.39. The number of rotatable bonds is 3. The number of carbonyl (C=O) groups is 2. The summed E-state index contributed by atoms with van der Waals surface area (Å²) in [6.45, 7) is 10.8. The first-order valence-corrected chi connectivity index (χ1v) is 6.10. The predicted octanol–water partition coefficient (Wildman–Crippen LogP) is 2.37. The molecule has 0 aromatic heterocycles. The molecule has 0 bridgehead atoms. The first-order chi connectivity index (χ1) is 8.88. The zero-order valence-corrected chi connectivity index (χ0v) is 11.9. The van der Waals surface area contributed by atoms with Gasteiger partial charge in [0.2, 0.25) is 6.29 Å². The Morgan fingerprint density at radius 3 is 2.00 bits per heavy atom. The minimum Gasteiger partial charge on any atom is -0.466 e. The van der Waals surface area contributed by atoms with E-state index in [9.17, 15) is 9.59 Å². The minimum absolute atomic E-state index is 0.344. The van der Waals surface area contributed by atoms with E-state index < -0.39 is 0 Å². The van der Waals surface area contributed by atoms with Crippen LogP contribution < -0.4 is 0 Å². The maximum Gasteiger partial charge on any atom is 0.335 e. The van der Waals surface area contributed by atoms with Gasteiger partial charge in [-0.15, -0.1) is 0 Å². The van der Waals surface area contributed by atoms with E-state index in [-0.39, 0.29) is 18.2 Å². The van der Waals surface area contributed by atoms with Crippen molar-refractivity contribution in [2.24, 2.45) is 0 Å². The van der Waals surface area contributed by atoms with Gasteiger partial charge < -0.3 is 14.2 Å². The molecule has 1 aliphatic rings. The Kier molecular flexibility index (Phi) is 8.53. The molecule has 19 heavy (non-hydrogen) atoms. The molecule has 5 heteroatoms. The topological polar surface area (TPSA) is 61.8 Å². The summed E-state index contributed by atoms with van der Waals surface area (Å²) in [5.74, 6) is -0.707. The fraction of sp³-hybridized carbons (Fsp3) is 0.571. The molecule has 0 spiro atoms. The number of hydrogen-bond donors (Lipinski definition) is 0. The third kappa shape index (κ3) is 8.15. The van der Waals surface area contributed by atoms with Crippen LogP contribution in [0.2, 0.25) is 0 Å². The minimum atomic E-state index is -0.359. The molecule has 0 aromatic rings. The van der Waals surface area contributed by atoms with Crippen molar-refractivity contribution in [2.75, 3.05) is 13.7 Å². The lowest BCUT2D eigenvalue weighted by molar-refractivity contribution is -0.182. The van der Waals surface area contributed by atoms with E-state index in [1.165, 1.54) is 7.11 Å². The molecule has 1 heterocycles. The van der Waals surface area contributed by atoms with Crippen LogP contribution in [0.1, 0.15) is 33.1 Å². The second kappa shape index (κ2) is 9.33. The molecular weight excluding hydrogens is 248 g/mol. The molecule has 0 aliphatic carbocycles. The standard InChI is InChI=1S/C9H14O3.C5H8O2/c1-7(2)9(10)12-8-5-3-4-6-11-8;1-4(2)5(6)7-3/h8H,1,3-6H2,2H3;1H2,2-3H3. The summed E-state index contributed by atoms with van der Waals surface area (Å²) in [5, 5.41) is 0. The zero-order chi connectivity index (χ0) is 14.8. The van der Waals surface area contributed by atoms with Gasteiger partial charge in [0.25, 0.3) is 0 Å². The van der Waals surface area contributed by atoms with Crippen LogP contribution >= 0.6 is 0 Å². The normalized spacial score (nSPS) is 17.5. The number of methoxy groups -OCH3 is 1. The van der Waals surface area contributed by atoms with Crippen molar-refractivity contribution in [1.29, 1.82) is 0 Å². The van der Waals surface area contributed by atoms with Crippen LogP contribution in [0.15, 0.2) is 24.3 Å². The lowest BCUT2D eigenvalue weighted by Gasteiger charge is -2.22. The van der Waals surface area contributed by atoms with Crippen LogP contribution in [-0.2, 0) is 23.8 Å². The van der Waals surface area contributed by atoms with Crippen LogP contribution in [0.5, 0.6) is 0 Å².